The third-order valence-electron chi connectivity index (χ3n) is 4.80. The smallest absolute Gasteiger partial charge is 0.255 e. The van der Waals surface area contributed by atoms with Gasteiger partial charge >= 0.3 is 0 Å². The van der Waals surface area contributed by atoms with Crippen molar-refractivity contribution in [3.63, 3.8) is 0 Å². The normalized spacial score (nSPS) is 14.3. The highest BCUT2D eigenvalue weighted by atomic mass is 16.2. The molecule has 0 atom stereocenters. The van der Waals surface area contributed by atoms with Crippen LogP contribution in [0.2, 0.25) is 0 Å². The number of carbonyl (C=O) groups is 2. The lowest BCUT2D eigenvalue weighted by molar-refractivity contribution is -0.130. The molecular weight excluding hydrogens is 328 g/mol. The zero-order chi connectivity index (χ0) is 18.7. The van der Waals surface area contributed by atoms with Gasteiger partial charge in [0.25, 0.3) is 5.91 Å². The Kier molecular flexibility index (Phi) is 5.21. The molecule has 2 heterocycles. The van der Waals surface area contributed by atoms with Gasteiger partial charge < -0.3 is 15.1 Å². The average molecular weight is 352 g/mol. The monoisotopic (exact) mass is 352 g/mol. The largest absolute Gasteiger partial charge is 0.340 e. The van der Waals surface area contributed by atoms with Crippen LogP contribution < -0.4 is 5.32 Å². The number of rotatable bonds is 3. The molecular formula is C20H24N4O2. The van der Waals surface area contributed by atoms with E-state index in [2.05, 4.69) is 36.3 Å². The summed E-state index contributed by atoms with van der Waals surface area (Å²) >= 11 is 0. The SMILES string of the molecule is CC(=O)N1CCN(C(=O)c2ccc(Nc3ccc(C)c(C)c3)nc2)CC1. The number of hydrogen-bond donors (Lipinski definition) is 1. The van der Waals surface area contributed by atoms with Gasteiger partial charge in [0.05, 0.1) is 5.56 Å². The van der Waals surface area contributed by atoms with Gasteiger partial charge in [-0.1, -0.05) is 6.07 Å². The fraction of sp³-hybridized carbons (Fsp3) is 0.350. The molecule has 0 aliphatic carbocycles. The molecule has 2 aromatic rings. The maximum absolute atomic E-state index is 12.6. The number of carbonyl (C=O) groups excluding carboxylic acids is 2. The highest BCUT2D eigenvalue weighted by Crippen LogP contribution is 2.19. The molecule has 0 saturated carbocycles. The van der Waals surface area contributed by atoms with E-state index in [0.29, 0.717) is 37.6 Å². The topological polar surface area (TPSA) is 65.5 Å². The van der Waals surface area contributed by atoms with Crippen molar-refractivity contribution >= 4 is 23.3 Å². The van der Waals surface area contributed by atoms with E-state index in [1.54, 1.807) is 29.0 Å². The number of aromatic nitrogens is 1. The van der Waals surface area contributed by atoms with Crippen LogP contribution >= 0.6 is 0 Å². The molecule has 2 amide bonds. The molecule has 1 saturated heterocycles. The summed E-state index contributed by atoms with van der Waals surface area (Å²) in [5.41, 5.74) is 3.99. The molecule has 136 valence electrons. The van der Waals surface area contributed by atoms with Crippen LogP contribution in [0, 0.1) is 13.8 Å². The predicted molar refractivity (Wildman–Crippen MR) is 102 cm³/mol. The van der Waals surface area contributed by atoms with Gasteiger partial charge in [-0.05, 0) is 49.2 Å². The van der Waals surface area contributed by atoms with Crippen LogP contribution in [-0.4, -0.2) is 52.8 Å². The van der Waals surface area contributed by atoms with Gasteiger partial charge in [-0.25, -0.2) is 4.98 Å². The van der Waals surface area contributed by atoms with Gasteiger partial charge in [0, 0.05) is 45.0 Å². The van der Waals surface area contributed by atoms with Crippen LogP contribution in [0.1, 0.15) is 28.4 Å². The Bertz CT molecular complexity index is 809. The quantitative estimate of drug-likeness (QED) is 0.922. The van der Waals surface area contributed by atoms with Crippen molar-refractivity contribution in [2.24, 2.45) is 0 Å². The molecule has 6 nitrogen and oxygen atoms in total. The molecule has 1 aromatic carbocycles. The molecule has 1 fully saturated rings. The Morgan fingerprint density at radius 2 is 1.65 bits per heavy atom. The summed E-state index contributed by atoms with van der Waals surface area (Å²) in [7, 11) is 0. The molecule has 1 aliphatic rings. The molecule has 0 spiro atoms. The maximum Gasteiger partial charge on any atom is 0.255 e. The first kappa shape index (κ1) is 17.9. The number of amides is 2. The van der Waals surface area contributed by atoms with E-state index in [1.165, 1.54) is 11.1 Å². The molecule has 26 heavy (non-hydrogen) atoms. The van der Waals surface area contributed by atoms with Crippen molar-refractivity contribution in [1.82, 2.24) is 14.8 Å². The van der Waals surface area contributed by atoms with Gasteiger partial charge in [-0.3, -0.25) is 9.59 Å². The minimum absolute atomic E-state index is 0.0431. The predicted octanol–water partition coefficient (Wildman–Crippen LogP) is 2.75. The Morgan fingerprint density at radius 3 is 2.23 bits per heavy atom. The van der Waals surface area contributed by atoms with Gasteiger partial charge in [-0.2, -0.15) is 0 Å². The minimum atomic E-state index is -0.0431. The summed E-state index contributed by atoms with van der Waals surface area (Å²) in [6.07, 6.45) is 1.60. The standard InChI is InChI=1S/C20H24N4O2/c1-14-4-6-18(12-15(14)2)22-19-7-5-17(13-21-19)20(26)24-10-8-23(9-11-24)16(3)25/h4-7,12-13H,8-11H2,1-3H3,(H,21,22). The molecule has 0 radical (unpaired) electrons. The first-order valence-electron chi connectivity index (χ1n) is 8.79. The summed E-state index contributed by atoms with van der Waals surface area (Å²) in [4.78, 5) is 31.9. The molecule has 6 heteroatoms. The lowest BCUT2D eigenvalue weighted by atomic mass is 10.1. The van der Waals surface area contributed by atoms with E-state index in [9.17, 15) is 9.59 Å². The van der Waals surface area contributed by atoms with Crippen LogP contribution in [0.5, 0.6) is 0 Å². The average Bonchev–Trinajstić information content (AvgIpc) is 2.65. The number of anilines is 2. The molecule has 0 bridgehead atoms. The van der Waals surface area contributed by atoms with Gasteiger partial charge in [-0.15, -0.1) is 0 Å². The van der Waals surface area contributed by atoms with Crippen molar-refractivity contribution in [3.05, 3.63) is 53.2 Å². The van der Waals surface area contributed by atoms with Gasteiger partial charge in [0.1, 0.15) is 5.82 Å². The minimum Gasteiger partial charge on any atom is -0.340 e. The van der Waals surface area contributed by atoms with E-state index in [-0.39, 0.29) is 11.8 Å². The van der Waals surface area contributed by atoms with Gasteiger partial charge in [0.15, 0.2) is 0 Å². The molecule has 3 rings (SSSR count). The van der Waals surface area contributed by atoms with Crippen LogP contribution in [0.3, 0.4) is 0 Å². The number of nitrogens with one attached hydrogen (secondary N) is 1. The fourth-order valence-corrected chi connectivity index (χ4v) is 2.97. The number of hydrogen-bond acceptors (Lipinski definition) is 4. The number of piperazine rings is 1. The Balaban J connectivity index is 1.63. The molecule has 1 aliphatic heterocycles. The molecule has 0 unspecified atom stereocenters. The van der Waals surface area contributed by atoms with E-state index < -0.39 is 0 Å². The summed E-state index contributed by atoms with van der Waals surface area (Å²) in [5.74, 6) is 0.713. The zero-order valence-corrected chi connectivity index (χ0v) is 15.5. The third-order valence-corrected chi connectivity index (χ3v) is 4.80. The van der Waals surface area contributed by atoms with E-state index >= 15 is 0 Å². The van der Waals surface area contributed by atoms with Crippen molar-refractivity contribution in [1.29, 1.82) is 0 Å². The van der Waals surface area contributed by atoms with Crippen LogP contribution in [0.25, 0.3) is 0 Å². The fourth-order valence-electron chi connectivity index (χ4n) is 2.97. The van der Waals surface area contributed by atoms with Crippen LogP contribution in [-0.2, 0) is 4.79 Å². The summed E-state index contributed by atoms with van der Waals surface area (Å²) in [6, 6.07) is 9.75. The van der Waals surface area contributed by atoms with Crippen LogP contribution in [0.15, 0.2) is 36.5 Å². The zero-order valence-electron chi connectivity index (χ0n) is 15.5. The molecule has 1 aromatic heterocycles. The van der Waals surface area contributed by atoms with E-state index in [0.717, 1.165) is 5.69 Å². The number of pyridine rings is 1. The van der Waals surface area contributed by atoms with Crippen LogP contribution in [0.4, 0.5) is 11.5 Å². The first-order chi connectivity index (χ1) is 12.4. The Morgan fingerprint density at radius 1 is 0.962 bits per heavy atom. The van der Waals surface area contributed by atoms with Crippen molar-refractivity contribution < 1.29 is 9.59 Å². The second kappa shape index (κ2) is 7.56. The van der Waals surface area contributed by atoms with Crippen molar-refractivity contribution in [3.8, 4) is 0 Å². The number of benzene rings is 1. The highest BCUT2D eigenvalue weighted by molar-refractivity contribution is 5.94. The second-order valence-electron chi connectivity index (χ2n) is 6.65. The van der Waals surface area contributed by atoms with Crippen molar-refractivity contribution in [2.45, 2.75) is 20.8 Å². The van der Waals surface area contributed by atoms with E-state index in [4.69, 9.17) is 0 Å². The summed E-state index contributed by atoms with van der Waals surface area (Å²) < 4.78 is 0. The second-order valence-corrected chi connectivity index (χ2v) is 6.65. The molecule has 1 N–H and O–H groups in total. The van der Waals surface area contributed by atoms with Gasteiger partial charge in [0.2, 0.25) is 5.91 Å². The maximum atomic E-state index is 12.6. The lowest BCUT2D eigenvalue weighted by Crippen LogP contribution is -2.50. The Labute approximate surface area is 153 Å². The lowest BCUT2D eigenvalue weighted by Gasteiger charge is -2.34. The first-order valence-corrected chi connectivity index (χ1v) is 8.79. The summed E-state index contributed by atoms with van der Waals surface area (Å²) in [6.45, 7) is 7.99. The highest BCUT2D eigenvalue weighted by Gasteiger charge is 2.23. The Hall–Kier alpha value is -2.89. The van der Waals surface area contributed by atoms with Crippen molar-refractivity contribution in [2.75, 3.05) is 31.5 Å². The summed E-state index contributed by atoms with van der Waals surface area (Å²) in [5, 5.41) is 3.26. The number of aryl methyl sites for hydroxylation is 2. The van der Waals surface area contributed by atoms with E-state index in [1.807, 2.05) is 12.1 Å². The number of nitrogens with zero attached hydrogens (tertiary/aromatic N) is 3. The third kappa shape index (κ3) is 4.02.